The number of carbonyl (C=O) groups excluding carboxylic acids is 1. The summed E-state index contributed by atoms with van der Waals surface area (Å²) in [5, 5.41) is 3.55. The summed E-state index contributed by atoms with van der Waals surface area (Å²) in [6, 6.07) is 18.5. The summed E-state index contributed by atoms with van der Waals surface area (Å²) in [5.74, 6) is -0.583. The van der Waals surface area contributed by atoms with Crippen molar-refractivity contribution in [3.05, 3.63) is 99.1 Å². The zero-order chi connectivity index (χ0) is 23.8. The number of halogens is 2. The molecule has 0 aliphatic heterocycles. The topological polar surface area (TPSA) is 64.0 Å². The molecule has 0 radical (unpaired) electrons. The van der Waals surface area contributed by atoms with Crippen molar-refractivity contribution in [1.82, 2.24) is 14.9 Å². The first kappa shape index (κ1) is 22.6. The molecule has 1 saturated carbocycles. The number of nitrogens with one attached hydrogen (secondary N) is 1. The summed E-state index contributed by atoms with van der Waals surface area (Å²) in [6.45, 7) is 1.94. The Balaban J connectivity index is 1.68. The third-order valence-corrected chi connectivity index (χ3v) is 7.06. The molecule has 0 bridgehead atoms. The van der Waals surface area contributed by atoms with E-state index in [0.717, 1.165) is 30.2 Å². The Bertz CT molecular complexity index is 1450. The molecule has 1 atom stereocenters. The maximum absolute atomic E-state index is 13.6. The van der Waals surface area contributed by atoms with E-state index in [-0.39, 0.29) is 23.3 Å². The van der Waals surface area contributed by atoms with E-state index in [1.807, 2.05) is 31.2 Å². The van der Waals surface area contributed by atoms with E-state index >= 15 is 0 Å². The van der Waals surface area contributed by atoms with Crippen LogP contribution in [-0.4, -0.2) is 21.5 Å². The van der Waals surface area contributed by atoms with Gasteiger partial charge in [-0.05, 0) is 73.4 Å². The fourth-order valence-corrected chi connectivity index (χ4v) is 5.02. The minimum atomic E-state index is -0.721. The number of aromatic nitrogens is 2. The molecule has 1 aliphatic rings. The second kappa shape index (κ2) is 9.24. The molecule has 5 rings (SSSR count). The van der Waals surface area contributed by atoms with Crippen molar-refractivity contribution in [2.75, 3.05) is 0 Å². The van der Waals surface area contributed by atoms with Crippen LogP contribution in [0.3, 0.4) is 0 Å². The van der Waals surface area contributed by atoms with Gasteiger partial charge in [-0.3, -0.25) is 14.2 Å². The third kappa shape index (κ3) is 4.72. The molecule has 1 heterocycles. The van der Waals surface area contributed by atoms with Crippen LogP contribution in [0.25, 0.3) is 16.6 Å². The Morgan fingerprint density at radius 3 is 2.62 bits per heavy atom. The number of hydrogen-bond donors (Lipinski definition) is 1. The van der Waals surface area contributed by atoms with Gasteiger partial charge in [-0.15, -0.1) is 0 Å². The maximum atomic E-state index is 13.6. The molecule has 1 N–H and O–H groups in total. The van der Waals surface area contributed by atoms with Crippen LogP contribution in [0.5, 0.6) is 0 Å². The minimum absolute atomic E-state index is 0.151. The molecule has 8 heteroatoms. The molecule has 1 amide bonds. The number of aryl methyl sites for hydroxylation is 1. The number of fused-ring (bicyclic) bond motifs is 1. The SMILES string of the molecule is Cc1cccc(-n2c(S[C@H](C(=O)NC3CC3)c3ccc(F)cc3)nc3cc(Cl)ccc3c2=O)c1. The second-order valence-corrected chi connectivity index (χ2v) is 9.88. The zero-order valence-corrected chi connectivity index (χ0v) is 19.9. The zero-order valence-electron chi connectivity index (χ0n) is 18.3. The van der Waals surface area contributed by atoms with Gasteiger partial charge in [0, 0.05) is 11.1 Å². The summed E-state index contributed by atoms with van der Waals surface area (Å²) in [7, 11) is 0. The smallest absolute Gasteiger partial charge is 0.266 e. The van der Waals surface area contributed by atoms with Crippen LogP contribution in [-0.2, 0) is 4.79 Å². The highest BCUT2D eigenvalue weighted by molar-refractivity contribution is 8.00. The lowest BCUT2D eigenvalue weighted by molar-refractivity contribution is -0.120. The van der Waals surface area contributed by atoms with E-state index in [0.29, 0.717) is 32.3 Å². The molecule has 1 fully saturated rings. The van der Waals surface area contributed by atoms with Crippen LogP contribution >= 0.6 is 23.4 Å². The largest absolute Gasteiger partial charge is 0.352 e. The van der Waals surface area contributed by atoms with Crippen molar-refractivity contribution in [2.45, 2.75) is 36.2 Å². The van der Waals surface area contributed by atoms with Gasteiger partial charge < -0.3 is 5.32 Å². The fraction of sp³-hybridized carbons (Fsp3) is 0.192. The molecular weight excluding hydrogens is 473 g/mol. The molecule has 1 aromatic heterocycles. The number of rotatable bonds is 6. The number of thioether (sulfide) groups is 1. The lowest BCUT2D eigenvalue weighted by Crippen LogP contribution is -2.30. The van der Waals surface area contributed by atoms with Crippen LogP contribution in [0.2, 0.25) is 5.02 Å². The summed E-state index contributed by atoms with van der Waals surface area (Å²) in [5.41, 5.74) is 2.45. The van der Waals surface area contributed by atoms with Crippen molar-refractivity contribution < 1.29 is 9.18 Å². The molecule has 1 aliphatic carbocycles. The highest BCUT2D eigenvalue weighted by Crippen LogP contribution is 2.37. The normalized spacial score (nSPS) is 14.2. The van der Waals surface area contributed by atoms with Crippen molar-refractivity contribution in [1.29, 1.82) is 0 Å². The van der Waals surface area contributed by atoms with Crippen molar-refractivity contribution in [3.8, 4) is 5.69 Å². The van der Waals surface area contributed by atoms with Crippen LogP contribution in [0.15, 0.2) is 76.7 Å². The Morgan fingerprint density at radius 2 is 1.91 bits per heavy atom. The quantitative estimate of drug-likeness (QED) is 0.280. The van der Waals surface area contributed by atoms with Crippen molar-refractivity contribution >= 4 is 40.2 Å². The first-order valence-corrected chi connectivity index (χ1v) is 12.2. The summed E-state index contributed by atoms with van der Waals surface area (Å²) >= 11 is 7.34. The number of hydrogen-bond acceptors (Lipinski definition) is 4. The maximum Gasteiger partial charge on any atom is 0.266 e. The van der Waals surface area contributed by atoms with E-state index in [4.69, 9.17) is 16.6 Å². The molecule has 172 valence electrons. The van der Waals surface area contributed by atoms with Gasteiger partial charge in [0.15, 0.2) is 5.16 Å². The minimum Gasteiger partial charge on any atom is -0.352 e. The van der Waals surface area contributed by atoms with Gasteiger partial charge in [-0.2, -0.15) is 0 Å². The molecule has 4 aromatic rings. The Labute approximate surface area is 205 Å². The first-order valence-electron chi connectivity index (χ1n) is 10.9. The average molecular weight is 494 g/mol. The van der Waals surface area contributed by atoms with Gasteiger partial charge in [-0.25, -0.2) is 9.37 Å². The lowest BCUT2D eigenvalue weighted by atomic mass is 10.1. The summed E-state index contributed by atoms with van der Waals surface area (Å²) in [4.78, 5) is 31.6. The van der Waals surface area contributed by atoms with E-state index < -0.39 is 5.25 Å². The number of carbonyl (C=O) groups is 1. The fourth-order valence-electron chi connectivity index (χ4n) is 3.73. The predicted octanol–water partition coefficient (Wildman–Crippen LogP) is 5.60. The number of nitrogens with zero attached hydrogens (tertiary/aromatic N) is 2. The second-order valence-electron chi connectivity index (χ2n) is 8.37. The van der Waals surface area contributed by atoms with Crippen molar-refractivity contribution in [2.24, 2.45) is 0 Å². The molecule has 0 unspecified atom stereocenters. The van der Waals surface area contributed by atoms with Crippen LogP contribution in [0.4, 0.5) is 4.39 Å². The molecule has 3 aromatic carbocycles. The first-order chi connectivity index (χ1) is 16.4. The summed E-state index contributed by atoms with van der Waals surface area (Å²) in [6.07, 6.45) is 1.88. The highest BCUT2D eigenvalue weighted by atomic mass is 35.5. The Kier molecular flexibility index (Phi) is 6.15. The monoisotopic (exact) mass is 493 g/mol. The number of benzene rings is 3. The molecular formula is C26H21ClFN3O2S. The van der Waals surface area contributed by atoms with E-state index in [1.165, 1.54) is 16.7 Å². The van der Waals surface area contributed by atoms with E-state index in [2.05, 4.69) is 5.32 Å². The van der Waals surface area contributed by atoms with Gasteiger partial charge in [0.05, 0.1) is 16.6 Å². The van der Waals surface area contributed by atoms with E-state index in [9.17, 15) is 14.0 Å². The van der Waals surface area contributed by atoms with Gasteiger partial charge in [0.1, 0.15) is 11.1 Å². The summed E-state index contributed by atoms with van der Waals surface area (Å²) < 4.78 is 15.1. The van der Waals surface area contributed by atoms with Gasteiger partial charge in [0.2, 0.25) is 5.91 Å². The third-order valence-electron chi connectivity index (χ3n) is 5.62. The molecule has 0 saturated heterocycles. The lowest BCUT2D eigenvalue weighted by Gasteiger charge is -2.20. The average Bonchev–Trinajstić information content (AvgIpc) is 3.62. The van der Waals surface area contributed by atoms with Gasteiger partial charge in [0.25, 0.3) is 5.56 Å². The predicted molar refractivity (Wildman–Crippen MR) is 133 cm³/mol. The van der Waals surface area contributed by atoms with Crippen LogP contribution in [0.1, 0.15) is 29.2 Å². The standard InChI is InChI=1S/C26H21ClFN3O2S/c1-15-3-2-4-20(13-15)31-25(33)21-12-7-17(27)14-22(21)30-26(31)34-23(24(32)29-19-10-11-19)16-5-8-18(28)9-6-16/h2-9,12-14,19,23H,10-11H2,1H3,(H,29,32)/t23-/m0/s1. The van der Waals surface area contributed by atoms with Crippen LogP contribution < -0.4 is 10.9 Å². The van der Waals surface area contributed by atoms with Crippen molar-refractivity contribution in [3.63, 3.8) is 0 Å². The van der Waals surface area contributed by atoms with Gasteiger partial charge >= 0.3 is 0 Å². The number of amides is 1. The molecule has 0 spiro atoms. The highest BCUT2D eigenvalue weighted by Gasteiger charge is 2.30. The molecule has 34 heavy (non-hydrogen) atoms. The van der Waals surface area contributed by atoms with E-state index in [1.54, 1.807) is 30.3 Å². The van der Waals surface area contributed by atoms with Gasteiger partial charge in [-0.1, -0.05) is 47.6 Å². The Morgan fingerprint density at radius 1 is 1.15 bits per heavy atom. The van der Waals surface area contributed by atoms with Crippen LogP contribution in [0, 0.1) is 12.7 Å². The molecule has 5 nitrogen and oxygen atoms in total. The Hall–Kier alpha value is -3.16.